The average Bonchev–Trinajstić information content (AvgIpc) is 2.67. The highest BCUT2D eigenvalue weighted by molar-refractivity contribution is 5.98. The van der Waals surface area contributed by atoms with Crippen LogP contribution >= 0.6 is 0 Å². The first-order valence-electron chi connectivity index (χ1n) is 7.81. The van der Waals surface area contributed by atoms with Crippen molar-refractivity contribution in [1.82, 2.24) is 9.97 Å². The lowest BCUT2D eigenvalue weighted by Crippen LogP contribution is -1.97. The van der Waals surface area contributed by atoms with E-state index in [1.165, 1.54) is 0 Å². The van der Waals surface area contributed by atoms with Crippen molar-refractivity contribution in [3.8, 4) is 28.1 Å². The minimum atomic E-state index is 0.839. The molecule has 0 fully saturated rings. The zero-order chi connectivity index (χ0) is 16.4. The third kappa shape index (κ3) is 2.40. The van der Waals surface area contributed by atoms with E-state index in [9.17, 15) is 0 Å². The van der Waals surface area contributed by atoms with Gasteiger partial charge in [0.2, 0.25) is 0 Å². The number of methoxy groups -OCH3 is 1. The highest BCUT2D eigenvalue weighted by atomic mass is 16.5. The summed E-state index contributed by atoms with van der Waals surface area (Å²) in [6.07, 6.45) is 3.58. The van der Waals surface area contributed by atoms with Crippen LogP contribution in [0.4, 0.5) is 0 Å². The fraction of sp³-hybridized carbons (Fsp3) is 0.0476. The van der Waals surface area contributed by atoms with Gasteiger partial charge in [-0.25, -0.2) is 4.98 Å². The van der Waals surface area contributed by atoms with Gasteiger partial charge in [-0.05, 0) is 29.8 Å². The fourth-order valence-corrected chi connectivity index (χ4v) is 2.99. The maximum Gasteiger partial charge on any atom is 0.138 e. The van der Waals surface area contributed by atoms with Crippen molar-refractivity contribution in [3.05, 3.63) is 79.1 Å². The SMILES string of the molecule is COc1c(-c2ccncc2)c(-c2ccccc2)nc2ccccc12. The van der Waals surface area contributed by atoms with E-state index >= 15 is 0 Å². The van der Waals surface area contributed by atoms with Gasteiger partial charge in [0.1, 0.15) is 5.75 Å². The Morgan fingerprint density at radius 2 is 1.46 bits per heavy atom. The highest BCUT2D eigenvalue weighted by Crippen LogP contribution is 2.42. The van der Waals surface area contributed by atoms with Crippen molar-refractivity contribution in [2.24, 2.45) is 0 Å². The predicted octanol–water partition coefficient (Wildman–Crippen LogP) is 4.97. The van der Waals surface area contributed by atoms with Gasteiger partial charge in [0.25, 0.3) is 0 Å². The first-order valence-corrected chi connectivity index (χ1v) is 7.81. The average molecular weight is 312 g/mol. The molecule has 0 bridgehead atoms. The van der Waals surface area contributed by atoms with Gasteiger partial charge in [0.05, 0.1) is 23.9 Å². The smallest absolute Gasteiger partial charge is 0.138 e. The quantitative estimate of drug-likeness (QED) is 0.535. The monoisotopic (exact) mass is 312 g/mol. The molecule has 0 saturated carbocycles. The van der Waals surface area contributed by atoms with Crippen molar-refractivity contribution < 1.29 is 4.74 Å². The number of aromatic nitrogens is 2. The van der Waals surface area contributed by atoms with Crippen LogP contribution < -0.4 is 4.74 Å². The first kappa shape index (κ1) is 14.4. The number of rotatable bonds is 3. The van der Waals surface area contributed by atoms with Crippen LogP contribution in [-0.2, 0) is 0 Å². The molecule has 4 rings (SSSR count). The van der Waals surface area contributed by atoms with Crippen LogP contribution in [0.15, 0.2) is 79.1 Å². The fourth-order valence-electron chi connectivity index (χ4n) is 2.99. The Bertz CT molecular complexity index is 983. The summed E-state index contributed by atoms with van der Waals surface area (Å²) in [4.78, 5) is 9.06. The van der Waals surface area contributed by atoms with Crippen LogP contribution in [0, 0.1) is 0 Å². The third-order valence-electron chi connectivity index (χ3n) is 4.07. The molecule has 0 aliphatic rings. The molecule has 0 aliphatic carbocycles. The van der Waals surface area contributed by atoms with Crippen LogP contribution in [0.2, 0.25) is 0 Å². The maximum atomic E-state index is 5.81. The molecule has 0 aliphatic heterocycles. The Morgan fingerprint density at radius 3 is 2.21 bits per heavy atom. The Hall–Kier alpha value is -3.20. The lowest BCUT2D eigenvalue weighted by molar-refractivity contribution is 0.421. The van der Waals surface area contributed by atoms with Crippen LogP contribution in [0.3, 0.4) is 0 Å². The molecule has 0 atom stereocenters. The normalized spacial score (nSPS) is 10.7. The molecule has 0 radical (unpaired) electrons. The number of benzene rings is 2. The topological polar surface area (TPSA) is 35.0 Å². The third-order valence-corrected chi connectivity index (χ3v) is 4.07. The summed E-state index contributed by atoms with van der Waals surface area (Å²) in [5, 5.41) is 1.01. The summed E-state index contributed by atoms with van der Waals surface area (Å²) in [5.41, 5.74) is 4.93. The van der Waals surface area contributed by atoms with Crippen molar-refractivity contribution >= 4 is 10.9 Å². The van der Waals surface area contributed by atoms with E-state index in [0.717, 1.165) is 39.0 Å². The summed E-state index contributed by atoms with van der Waals surface area (Å²) < 4.78 is 5.81. The zero-order valence-electron chi connectivity index (χ0n) is 13.3. The number of nitrogens with zero attached hydrogens (tertiary/aromatic N) is 2. The van der Waals surface area contributed by atoms with Gasteiger partial charge < -0.3 is 4.74 Å². The molecule has 24 heavy (non-hydrogen) atoms. The molecule has 3 heteroatoms. The second-order valence-electron chi connectivity index (χ2n) is 5.49. The molecular weight excluding hydrogens is 296 g/mol. The summed E-state index contributed by atoms with van der Waals surface area (Å²) in [5.74, 6) is 0.839. The summed E-state index contributed by atoms with van der Waals surface area (Å²) >= 11 is 0. The van der Waals surface area contributed by atoms with E-state index in [2.05, 4.69) is 17.1 Å². The second kappa shape index (κ2) is 6.13. The number of pyridine rings is 2. The van der Waals surface area contributed by atoms with E-state index in [1.807, 2.05) is 54.6 Å². The maximum absolute atomic E-state index is 5.81. The van der Waals surface area contributed by atoms with Gasteiger partial charge >= 0.3 is 0 Å². The molecule has 0 N–H and O–H groups in total. The van der Waals surface area contributed by atoms with Gasteiger partial charge in [-0.3, -0.25) is 4.98 Å². The molecule has 2 aromatic heterocycles. The van der Waals surface area contributed by atoms with Crippen molar-refractivity contribution in [2.75, 3.05) is 7.11 Å². The minimum Gasteiger partial charge on any atom is -0.495 e. The largest absolute Gasteiger partial charge is 0.495 e. The number of para-hydroxylation sites is 1. The van der Waals surface area contributed by atoms with Crippen LogP contribution in [0.1, 0.15) is 0 Å². The Labute approximate surface area is 140 Å². The Balaban J connectivity index is 2.13. The molecule has 2 heterocycles. The van der Waals surface area contributed by atoms with Gasteiger partial charge in [-0.15, -0.1) is 0 Å². The predicted molar refractivity (Wildman–Crippen MR) is 97.0 cm³/mol. The molecule has 0 amide bonds. The standard InChI is InChI=1S/C21H16N2O/c1-24-21-17-9-5-6-10-18(17)23-20(16-7-3-2-4-8-16)19(21)15-11-13-22-14-12-15/h2-14H,1H3. The molecule has 2 aromatic carbocycles. The Kier molecular flexibility index (Phi) is 3.67. The highest BCUT2D eigenvalue weighted by Gasteiger charge is 2.18. The van der Waals surface area contributed by atoms with E-state index in [4.69, 9.17) is 9.72 Å². The number of fused-ring (bicyclic) bond motifs is 1. The van der Waals surface area contributed by atoms with E-state index < -0.39 is 0 Å². The molecule has 3 nitrogen and oxygen atoms in total. The molecule has 4 aromatic rings. The van der Waals surface area contributed by atoms with Crippen molar-refractivity contribution in [1.29, 1.82) is 0 Å². The molecule has 0 unspecified atom stereocenters. The van der Waals surface area contributed by atoms with Crippen LogP contribution in [-0.4, -0.2) is 17.1 Å². The molecular formula is C21H16N2O. The number of hydrogen-bond acceptors (Lipinski definition) is 3. The first-order chi connectivity index (χ1) is 11.9. The summed E-state index contributed by atoms with van der Waals surface area (Å²) in [6, 6.07) is 22.2. The molecule has 116 valence electrons. The van der Waals surface area contributed by atoms with Gasteiger partial charge in [0, 0.05) is 23.3 Å². The number of hydrogen-bond donors (Lipinski definition) is 0. The van der Waals surface area contributed by atoms with Gasteiger partial charge in [-0.1, -0.05) is 42.5 Å². The minimum absolute atomic E-state index is 0.839. The van der Waals surface area contributed by atoms with E-state index in [1.54, 1.807) is 19.5 Å². The number of ether oxygens (including phenoxy) is 1. The van der Waals surface area contributed by atoms with E-state index in [0.29, 0.717) is 0 Å². The Morgan fingerprint density at radius 1 is 0.750 bits per heavy atom. The van der Waals surface area contributed by atoms with Gasteiger partial charge in [-0.2, -0.15) is 0 Å². The molecule has 0 saturated heterocycles. The van der Waals surface area contributed by atoms with Crippen LogP contribution in [0.25, 0.3) is 33.3 Å². The zero-order valence-corrected chi connectivity index (χ0v) is 13.3. The van der Waals surface area contributed by atoms with Gasteiger partial charge in [0.15, 0.2) is 0 Å². The second-order valence-corrected chi connectivity index (χ2v) is 5.49. The molecule has 0 spiro atoms. The summed E-state index contributed by atoms with van der Waals surface area (Å²) in [6.45, 7) is 0. The lowest BCUT2D eigenvalue weighted by atomic mass is 9.96. The van der Waals surface area contributed by atoms with E-state index in [-0.39, 0.29) is 0 Å². The van der Waals surface area contributed by atoms with Crippen LogP contribution in [0.5, 0.6) is 5.75 Å². The summed E-state index contributed by atoms with van der Waals surface area (Å²) in [7, 11) is 1.71. The lowest BCUT2D eigenvalue weighted by Gasteiger charge is -2.16. The van der Waals surface area contributed by atoms with Crippen molar-refractivity contribution in [2.45, 2.75) is 0 Å². The van der Waals surface area contributed by atoms with Crippen molar-refractivity contribution in [3.63, 3.8) is 0 Å².